The van der Waals surface area contributed by atoms with Gasteiger partial charge in [0.1, 0.15) is 53.4 Å². The lowest BCUT2D eigenvalue weighted by atomic mass is 9.99. The van der Waals surface area contributed by atoms with E-state index < -0.39 is 80.1 Å². The smallest absolute Gasteiger partial charge is 0.303 e. The van der Waals surface area contributed by atoms with Crippen LogP contribution < -0.4 is 14.9 Å². The van der Waals surface area contributed by atoms with Crippen molar-refractivity contribution < 1.29 is 72.7 Å². The van der Waals surface area contributed by atoms with Crippen LogP contribution in [0.15, 0.2) is 57.7 Å². The van der Waals surface area contributed by atoms with Gasteiger partial charge in [-0.05, 0) is 36.4 Å². The van der Waals surface area contributed by atoms with Crippen LogP contribution in [0.4, 0.5) is 0 Å². The first-order valence-electron chi connectivity index (χ1n) is 14.4. The van der Waals surface area contributed by atoms with E-state index >= 15 is 0 Å². The molecule has 1 aromatic heterocycles. The molecule has 16 nitrogen and oxygen atoms in total. The van der Waals surface area contributed by atoms with Gasteiger partial charge >= 0.3 is 11.9 Å². The molecule has 16 heteroatoms. The first-order valence-corrected chi connectivity index (χ1v) is 14.4. The normalized spacial score (nSPS) is 30.8. The van der Waals surface area contributed by atoms with Gasteiger partial charge in [-0.15, -0.1) is 0 Å². The third-order valence-electron chi connectivity index (χ3n) is 7.52. The zero-order valence-corrected chi connectivity index (χ0v) is 25.3. The quantitative estimate of drug-likeness (QED) is 0.183. The molecule has 0 radical (unpaired) electrons. The molecule has 5 rings (SSSR count). The van der Waals surface area contributed by atoms with Crippen molar-refractivity contribution in [2.75, 3.05) is 13.7 Å². The van der Waals surface area contributed by atoms with Crippen LogP contribution in [-0.2, 0) is 33.3 Å². The van der Waals surface area contributed by atoms with Gasteiger partial charge in [0, 0.05) is 31.5 Å². The minimum atomic E-state index is -1.92. The lowest BCUT2D eigenvalue weighted by Gasteiger charge is -2.43. The lowest BCUT2D eigenvalue weighted by Crippen LogP contribution is -2.62. The maximum atomic E-state index is 12.8. The average molecular weight is 663 g/mol. The highest BCUT2D eigenvalue weighted by molar-refractivity contribution is 5.80. The first kappa shape index (κ1) is 34.2. The summed E-state index contributed by atoms with van der Waals surface area (Å²) in [6, 6.07) is 12.5. The van der Waals surface area contributed by atoms with Crippen LogP contribution in [0, 0.1) is 0 Å². The Morgan fingerprint density at radius 1 is 0.766 bits per heavy atom. The third kappa shape index (κ3) is 7.55. The Bertz CT molecular complexity index is 1620. The van der Waals surface area contributed by atoms with Crippen LogP contribution in [0.5, 0.6) is 11.5 Å². The lowest BCUT2D eigenvalue weighted by molar-refractivity contribution is -0.352. The number of ether oxygens (including phenoxy) is 7. The van der Waals surface area contributed by atoms with Crippen LogP contribution in [0.3, 0.4) is 0 Å². The average Bonchev–Trinajstić information content (AvgIpc) is 3.04. The van der Waals surface area contributed by atoms with Crippen LogP contribution in [0.2, 0.25) is 0 Å². The molecule has 0 unspecified atom stereocenters. The molecule has 2 aliphatic rings. The van der Waals surface area contributed by atoms with Gasteiger partial charge in [0.05, 0.1) is 19.1 Å². The van der Waals surface area contributed by atoms with E-state index in [0.29, 0.717) is 11.3 Å². The predicted molar refractivity (Wildman–Crippen MR) is 156 cm³/mol. The van der Waals surface area contributed by atoms with Gasteiger partial charge in [0.25, 0.3) is 0 Å². The second-order valence-corrected chi connectivity index (χ2v) is 10.9. The van der Waals surface area contributed by atoms with Crippen molar-refractivity contribution in [3.8, 4) is 22.8 Å². The van der Waals surface area contributed by atoms with Crippen molar-refractivity contribution in [1.29, 1.82) is 0 Å². The van der Waals surface area contributed by atoms with E-state index in [0.717, 1.165) is 13.8 Å². The predicted octanol–water partition coefficient (Wildman–Crippen LogP) is -0.429. The Morgan fingerprint density at radius 2 is 1.43 bits per heavy atom. The molecule has 3 aromatic rings. The highest BCUT2D eigenvalue weighted by Gasteiger charge is 2.51. The molecule has 2 fully saturated rings. The van der Waals surface area contributed by atoms with E-state index in [9.17, 15) is 39.9 Å². The summed E-state index contributed by atoms with van der Waals surface area (Å²) in [6.07, 6.45) is -16.7. The van der Waals surface area contributed by atoms with Crippen molar-refractivity contribution in [3.63, 3.8) is 0 Å². The minimum absolute atomic E-state index is 0.0757. The molecule has 254 valence electrons. The maximum absolute atomic E-state index is 12.8. The van der Waals surface area contributed by atoms with Crippen LogP contribution in [0.1, 0.15) is 13.8 Å². The Morgan fingerprint density at radius 3 is 2.09 bits per heavy atom. The number of methoxy groups -OCH3 is 1. The second kappa shape index (κ2) is 14.3. The van der Waals surface area contributed by atoms with Gasteiger partial charge in [-0.2, -0.15) is 0 Å². The standard InChI is InChI=1S/C31H34O16/c1-13(32)42-27-26(38)29(39)47-31(28(27)43-14(2)33)41-12-22-23(35)24(36)25(37)30(46-22)44-17-8-9-18-19(34)11-20(45-21(18)10-17)15-4-6-16(40-3)7-5-15/h4-11,22-31,35-39H,12H2,1-3H3/t22-,23-,24+,25-,26-,27-,28-,29-,30-,31+/m1/s1. The van der Waals surface area contributed by atoms with E-state index in [2.05, 4.69) is 0 Å². The number of carbonyl (C=O) groups excluding carboxylic acids is 2. The van der Waals surface area contributed by atoms with Crippen molar-refractivity contribution in [3.05, 3.63) is 58.8 Å². The molecular weight excluding hydrogens is 628 g/mol. The number of esters is 2. The SMILES string of the molecule is COc1ccc(-c2cc(=O)c3ccc(O[C@@H]4O[C@H](CO[C@H]5O[C@@H](O)[C@H](O)[C@@H](OC(C)=O)[C@H]5OC(C)=O)[C@@H](O)[C@H](O)[C@H]4O)cc3o2)cc1. The second-order valence-electron chi connectivity index (χ2n) is 10.9. The summed E-state index contributed by atoms with van der Waals surface area (Å²) in [4.78, 5) is 36.2. The Kier molecular flexibility index (Phi) is 10.4. The molecule has 0 spiro atoms. The van der Waals surface area contributed by atoms with Crippen LogP contribution >= 0.6 is 0 Å². The highest BCUT2D eigenvalue weighted by atomic mass is 16.8. The van der Waals surface area contributed by atoms with Crippen molar-refractivity contribution in [2.45, 2.75) is 75.4 Å². The van der Waals surface area contributed by atoms with Gasteiger partial charge in [0.15, 0.2) is 23.9 Å². The molecule has 2 aliphatic heterocycles. The summed E-state index contributed by atoms with van der Waals surface area (Å²) >= 11 is 0. The van der Waals surface area contributed by atoms with Crippen molar-refractivity contribution in [1.82, 2.24) is 0 Å². The number of carbonyl (C=O) groups is 2. The van der Waals surface area contributed by atoms with E-state index in [4.69, 9.17) is 37.6 Å². The largest absolute Gasteiger partial charge is 0.497 e. The zero-order valence-electron chi connectivity index (χ0n) is 25.3. The molecule has 3 heterocycles. The van der Waals surface area contributed by atoms with Gasteiger partial charge in [-0.25, -0.2) is 0 Å². The highest BCUT2D eigenvalue weighted by Crippen LogP contribution is 2.31. The first-order chi connectivity index (χ1) is 22.4. The van der Waals surface area contributed by atoms with Gasteiger partial charge in [0.2, 0.25) is 12.6 Å². The number of fused-ring (bicyclic) bond motifs is 1. The number of hydrogen-bond donors (Lipinski definition) is 5. The summed E-state index contributed by atoms with van der Waals surface area (Å²) < 4.78 is 43.6. The van der Waals surface area contributed by atoms with Crippen LogP contribution in [0.25, 0.3) is 22.3 Å². The fourth-order valence-electron chi connectivity index (χ4n) is 5.17. The molecule has 0 bridgehead atoms. The summed E-state index contributed by atoms with van der Waals surface area (Å²) in [5, 5.41) is 52.6. The molecule has 2 aromatic carbocycles. The summed E-state index contributed by atoms with van der Waals surface area (Å²) in [7, 11) is 1.53. The van der Waals surface area contributed by atoms with Gasteiger partial charge in [-0.1, -0.05) is 0 Å². The maximum Gasteiger partial charge on any atom is 0.303 e. The van der Waals surface area contributed by atoms with E-state index in [-0.39, 0.29) is 27.9 Å². The molecule has 5 N–H and O–H groups in total. The summed E-state index contributed by atoms with van der Waals surface area (Å²) in [5.41, 5.74) is 0.445. The van der Waals surface area contributed by atoms with E-state index in [1.807, 2.05) is 0 Å². The number of rotatable bonds is 9. The fraction of sp³-hybridized carbons (Fsp3) is 0.452. The monoisotopic (exact) mass is 662 g/mol. The Balaban J connectivity index is 1.33. The molecule has 0 saturated carbocycles. The molecule has 2 saturated heterocycles. The number of aliphatic hydroxyl groups is 5. The number of benzene rings is 2. The van der Waals surface area contributed by atoms with E-state index in [1.54, 1.807) is 24.3 Å². The molecular formula is C31H34O16. The molecule has 0 aliphatic carbocycles. The molecule has 10 atom stereocenters. The van der Waals surface area contributed by atoms with Gasteiger partial charge in [-0.3, -0.25) is 14.4 Å². The Hall–Kier alpha value is -4.13. The molecule has 47 heavy (non-hydrogen) atoms. The van der Waals surface area contributed by atoms with E-state index in [1.165, 1.54) is 31.4 Å². The summed E-state index contributed by atoms with van der Waals surface area (Å²) in [5.74, 6) is -0.736. The number of hydrogen-bond acceptors (Lipinski definition) is 16. The van der Waals surface area contributed by atoms with Crippen molar-refractivity contribution >= 4 is 22.9 Å². The third-order valence-corrected chi connectivity index (χ3v) is 7.52. The minimum Gasteiger partial charge on any atom is -0.497 e. The zero-order chi connectivity index (χ0) is 34.0. The number of aliphatic hydroxyl groups excluding tert-OH is 5. The summed E-state index contributed by atoms with van der Waals surface area (Å²) in [6.45, 7) is 1.49. The van der Waals surface area contributed by atoms with Gasteiger partial charge < -0.3 is 63.1 Å². The molecule has 0 amide bonds. The topological polar surface area (TPSA) is 230 Å². The van der Waals surface area contributed by atoms with Crippen molar-refractivity contribution in [2.24, 2.45) is 0 Å². The fourth-order valence-corrected chi connectivity index (χ4v) is 5.17. The Labute approximate surface area is 266 Å². The van der Waals surface area contributed by atoms with Crippen LogP contribution in [-0.4, -0.2) is 113 Å².